The fourth-order valence-corrected chi connectivity index (χ4v) is 1.01. The Balaban J connectivity index is 0. The van der Waals surface area contributed by atoms with E-state index in [1.165, 1.54) is 26.4 Å². The van der Waals surface area contributed by atoms with Gasteiger partial charge in [-0.2, -0.15) is 0 Å². The van der Waals surface area contributed by atoms with Crippen LogP contribution in [0.15, 0.2) is 24.3 Å². The van der Waals surface area contributed by atoms with E-state index < -0.39 is 22.8 Å². The van der Waals surface area contributed by atoms with Crippen LogP contribution in [0, 0.1) is 10.1 Å². The van der Waals surface area contributed by atoms with E-state index in [-0.39, 0.29) is 12.1 Å². The van der Waals surface area contributed by atoms with Gasteiger partial charge in [-0.1, -0.05) is 0 Å². The Hall–Kier alpha value is -3.17. The third-order valence-electron chi connectivity index (χ3n) is 2.11. The summed E-state index contributed by atoms with van der Waals surface area (Å²) in [6.07, 6.45) is -0.312. The highest BCUT2D eigenvalue weighted by Gasteiger charge is 2.07. The molecule has 0 amide bonds. The van der Waals surface area contributed by atoms with Crippen molar-refractivity contribution in [3.05, 3.63) is 34.4 Å². The molecule has 0 aromatic heterocycles. The minimum atomic E-state index is -0.833. The van der Waals surface area contributed by atoms with E-state index in [4.69, 9.17) is 9.90 Å². The molecule has 0 radical (unpaired) electrons. The zero-order valence-corrected chi connectivity index (χ0v) is 13.8. The Labute approximate surface area is 138 Å². The van der Waals surface area contributed by atoms with Gasteiger partial charge in [0.05, 0.1) is 19.1 Å². The lowest BCUT2D eigenvalue weighted by Crippen LogP contribution is -2.09. The average molecular weight is 344 g/mol. The van der Waals surface area contributed by atoms with Crippen LogP contribution in [0.25, 0.3) is 0 Å². The lowest BCUT2D eigenvalue weighted by atomic mass is 10.3. The minimum absolute atomic E-state index is 0.115. The summed E-state index contributed by atoms with van der Waals surface area (Å²) >= 11 is 0. The number of methoxy groups -OCH3 is 2. The summed E-state index contributed by atoms with van der Waals surface area (Å²) < 4.78 is 8.37. The van der Waals surface area contributed by atoms with Crippen molar-refractivity contribution in [2.45, 2.75) is 13.3 Å². The lowest BCUT2D eigenvalue weighted by Gasteiger charge is -1.96. The summed E-state index contributed by atoms with van der Waals surface area (Å²) in [4.78, 5) is 39.3. The second-order valence-electron chi connectivity index (χ2n) is 3.90. The summed E-state index contributed by atoms with van der Waals surface area (Å²) in [5, 5.41) is 20.5. The average Bonchev–Trinajstić information content (AvgIpc) is 2.54. The Bertz CT molecular complexity index is 524. The number of carbonyl (C=O) groups excluding carboxylic acids is 2. The van der Waals surface area contributed by atoms with E-state index in [0.29, 0.717) is 0 Å². The molecule has 0 unspecified atom stereocenters. The van der Waals surface area contributed by atoms with Gasteiger partial charge in [0.1, 0.15) is 6.42 Å². The van der Waals surface area contributed by atoms with E-state index in [0.717, 1.165) is 12.6 Å². The van der Waals surface area contributed by atoms with Gasteiger partial charge in [0.2, 0.25) is 0 Å². The first-order chi connectivity index (χ1) is 11.2. The predicted octanol–water partition coefficient (Wildman–Crippen LogP) is 1.45. The van der Waals surface area contributed by atoms with E-state index >= 15 is 0 Å². The van der Waals surface area contributed by atoms with E-state index in [9.17, 15) is 19.7 Å². The molecule has 0 atom stereocenters. The Morgan fingerprint density at radius 1 is 1.12 bits per heavy atom. The van der Waals surface area contributed by atoms with Gasteiger partial charge in [-0.25, -0.2) is 0 Å². The molecule has 0 heterocycles. The van der Waals surface area contributed by atoms with Gasteiger partial charge in [-0.3, -0.25) is 24.5 Å². The van der Waals surface area contributed by atoms with E-state index in [1.807, 2.05) is 0 Å². The smallest absolute Gasteiger partial charge is 0.316 e. The number of hydrogen-bond donors (Lipinski definition) is 2. The van der Waals surface area contributed by atoms with Crippen LogP contribution in [-0.2, 0) is 23.9 Å². The number of rotatable bonds is 4. The van der Waals surface area contributed by atoms with Crippen molar-refractivity contribution in [2.24, 2.45) is 0 Å². The summed E-state index contributed by atoms with van der Waals surface area (Å²) in [5.41, 5.74) is 0.986. The molecule has 0 fully saturated rings. The van der Waals surface area contributed by atoms with Crippen molar-refractivity contribution in [3.8, 4) is 0 Å². The summed E-state index contributed by atoms with van der Waals surface area (Å²) in [6.45, 7) is 1.08. The van der Waals surface area contributed by atoms with Crippen LogP contribution >= 0.6 is 0 Å². The standard InChI is InChI=1S/C7H8N2O2.C5H8O4.C2H4O2/c1-8-6-2-4-7(5-3-6)9(10)11;1-8-4(6)3-5(7)9-2;1-2(3)4/h2-5,8H,1H3;3H2,1-2H3;1H3,(H,3,4). The van der Waals surface area contributed by atoms with Gasteiger partial charge in [-0.15, -0.1) is 0 Å². The number of hydrogen-bond acceptors (Lipinski definition) is 8. The highest BCUT2D eigenvalue weighted by atomic mass is 16.6. The number of nitro benzene ring substituents is 1. The van der Waals surface area contributed by atoms with Gasteiger partial charge in [0.25, 0.3) is 11.7 Å². The van der Waals surface area contributed by atoms with Gasteiger partial charge < -0.3 is 19.9 Å². The first kappa shape index (κ1) is 23.1. The topological polar surface area (TPSA) is 145 Å². The summed E-state index contributed by atoms with van der Waals surface area (Å²) in [7, 11) is 4.19. The first-order valence-electron chi connectivity index (χ1n) is 6.43. The zero-order valence-electron chi connectivity index (χ0n) is 13.8. The third-order valence-corrected chi connectivity index (χ3v) is 2.11. The molecule has 0 aliphatic rings. The molecule has 0 saturated heterocycles. The van der Waals surface area contributed by atoms with Crippen molar-refractivity contribution >= 4 is 29.3 Å². The molecule has 0 bridgehead atoms. The van der Waals surface area contributed by atoms with Crippen molar-refractivity contribution in [1.29, 1.82) is 0 Å². The molecule has 10 heteroatoms. The van der Waals surface area contributed by atoms with Crippen LogP contribution in [0.5, 0.6) is 0 Å². The number of non-ortho nitro benzene ring substituents is 1. The van der Waals surface area contributed by atoms with Crippen molar-refractivity contribution in [2.75, 3.05) is 26.6 Å². The summed E-state index contributed by atoms with van der Waals surface area (Å²) in [6, 6.07) is 6.26. The third kappa shape index (κ3) is 13.8. The monoisotopic (exact) mass is 344 g/mol. The fourth-order valence-electron chi connectivity index (χ4n) is 1.01. The van der Waals surface area contributed by atoms with Crippen LogP contribution < -0.4 is 5.32 Å². The van der Waals surface area contributed by atoms with Gasteiger partial charge in [0.15, 0.2) is 0 Å². The molecule has 0 aliphatic carbocycles. The maximum atomic E-state index is 10.3. The molecule has 134 valence electrons. The number of aliphatic carboxylic acids is 1. The Morgan fingerprint density at radius 2 is 1.50 bits per heavy atom. The van der Waals surface area contributed by atoms with Gasteiger partial charge in [0, 0.05) is 31.8 Å². The second kappa shape index (κ2) is 13.5. The largest absolute Gasteiger partial charge is 0.481 e. The van der Waals surface area contributed by atoms with Crippen LogP contribution in [0.1, 0.15) is 13.3 Å². The molecule has 0 saturated carbocycles. The van der Waals surface area contributed by atoms with Gasteiger partial charge in [-0.05, 0) is 12.1 Å². The highest BCUT2D eigenvalue weighted by molar-refractivity contribution is 5.90. The maximum absolute atomic E-state index is 10.3. The molecule has 1 aromatic rings. The Kier molecular flexibility index (Phi) is 13.0. The quantitative estimate of drug-likeness (QED) is 0.358. The van der Waals surface area contributed by atoms with Crippen LogP contribution in [0.2, 0.25) is 0 Å². The second-order valence-corrected chi connectivity index (χ2v) is 3.90. The number of nitrogens with zero attached hydrogens (tertiary/aromatic N) is 1. The molecule has 2 N–H and O–H groups in total. The molecule has 1 rings (SSSR count). The zero-order chi connectivity index (χ0) is 19.1. The Morgan fingerprint density at radius 3 is 1.75 bits per heavy atom. The number of nitro groups is 1. The van der Waals surface area contributed by atoms with Crippen molar-refractivity contribution in [1.82, 2.24) is 0 Å². The predicted molar refractivity (Wildman–Crippen MR) is 84.6 cm³/mol. The molecule has 0 aliphatic heterocycles. The lowest BCUT2D eigenvalue weighted by molar-refractivity contribution is -0.384. The molecular weight excluding hydrogens is 324 g/mol. The van der Waals surface area contributed by atoms with Gasteiger partial charge >= 0.3 is 11.9 Å². The van der Waals surface area contributed by atoms with E-state index in [2.05, 4.69) is 14.8 Å². The number of carbonyl (C=O) groups is 3. The number of benzene rings is 1. The molecule has 24 heavy (non-hydrogen) atoms. The number of anilines is 1. The highest BCUT2D eigenvalue weighted by Crippen LogP contribution is 2.14. The van der Waals surface area contributed by atoms with E-state index in [1.54, 1.807) is 19.2 Å². The molecule has 1 aromatic carbocycles. The number of ether oxygens (including phenoxy) is 2. The minimum Gasteiger partial charge on any atom is -0.481 e. The molecule has 0 spiro atoms. The van der Waals surface area contributed by atoms with Crippen LogP contribution in [0.4, 0.5) is 11.4 Å². The van der Waals surface area contributed by atoms with Crippen LogP contribution in [-0.4, -0.2) is 49.2 Å². The number of esters is 2. The number of carboxylic acid groups (broad SMARTS) is 1. The van der Waals surface area contributed by atoms with Crippen LogP contribution in [0.3, 0.4) is 0 Å². The SMILES string of the molecule is CC(=O)O.CNc1ccc([N+](=O)[O-])cc1.COC(=O)CC(=O)OC. The molecule has 10 nitrogen and oxygen atoms in total. The first-order valence-corrected chi connectivity index (χ1v) is 6.43. The molecular formula is C14H20N2O8. The summed E-state index contributed by atoms with van der Waals surface area (Å²) in [5.74, 6) is -2.00. The maximum Gasteiger partial charge on any atom is 0.316 e. The van der Waals surface area contributed by atoms with Crippen molar-refractivity contribution < 1.29 is 33.9 Å². The van der Waals surface area contributed by atoms with Crippen molar-refractivity contribution in [3.63, 3.8) is 0 Å². The fraction of sp³-hybridized carbons (Fsp3) is 0.357. The normalized spacial score (nSPS) is 8.33. The number of nitrogens with one attached hydrogen (secondary N) is 1. The number of carboxylic acids is 1.